The Morgan fingerprint density at radius 1 is 1.29 bits per heavy atom. The molecule has 0 bridgehead atoms. The maximum atomic E-state index is 12.6. The van der Waals surface area contributed by atoms with Gasteiger partial charge < -0.3 is 4.74 Å². The molecule has 3 heteroatoms. The predicted octanol–water partition coefficient (Wildman–Crippen LogP) is 3.46. The average Bonchev–Trinajstić information content (AvgIpc) is 3.00. The number of carbonyl (C=O) groups excluding carboxylic acids is 1. The van der Waals surface area contributed by atoms with Gasteiger partial charge >= 0.3 is 0 Å². The van der Waals surface area contributed by atoms with E-state index in [2.05, 4.69) is 11.8 Å². The van der Waals surface area contributed by atoms with Crippen molar-refractivity contribution in [2.75, 3.05) is 19.7 Å². The molecular weight excluding hydrogens is 262 g/mol. The molecule has 1 saturated carbocycles. The number of benzene rings is 1. The maximum absolute atomic E-state index is 12.6. The van der Waals surface area contributed by atoms with Gasteiger partial charge in [0.25, 0.3) is 0 Å². The highest BCUT2D eigenvalue weighted by molar-refractivity contribution is 5.98. The Balaban J connectivity index is 1.66. The molecule has 0 aromatic heterocycles. The van der Waals surface area contributed by atoms with Crippen LogP contribution < -0.4 is 4.74 Å². The fourth-order valence-electron chi connectivity index (χ4n) is 3.58. The molecule has 0 saturated heterocycles. The van der Waals surface area contributed by atoms with E-state index in [1.807, 2.05) is 18.2 Å². The number of likely N-dealkylation sites (N-methyl/N-ethyl adjacent to an activating group) is 1. The molecule has 0 N–H and O–H groups in total. The molecule has 1 fully saturated rings. The highest BCUT2D eigenvalue weighted by Crippen LogP contribution is 2.27. The standard InChI is InChI=1S/C18H25NO2/c1-2-19(16-6-4-3-5-7-16)13-17(20)14-8-9-18-15(12-14)10-11-21-18/h8-9,12,16H,2-7,10-11,13H2,1H3. The lowest BCUT2D eigenvalue weighted by Crippen LogP contribution is -2.40. The minimum absolute atomic E-state index is 0.247. The van der Waals surface area contributed by atoms with Crippen LogP contribution in [-0.2, 0) is 6.42 Å². The van der Waals surface area contributed by atoms with Crippen LogP contribution in [0.1, 0.15) is 54.9 Å². The van der Waals surface area contributed by atoms with Crippen LogP contribution in [0.5, 0.6) is 5.75 Å². The van der Waals surface area contributed by atoms with Gasteiger partial charge in [0.15, 0.2) is 5.78 Å². The number of rotatable bonds is 5. The fourth-order valence-corrected chi connectivity index (χ4v) is 3.58. The summed E-state index contributed by atoms with van der Waals surface area (Å²) in [5.41, 5.74) is 2.02. The molecule has 1 aliphatic carbocycles. The molecule has 0 radical (unpaired) electrons. The molecule has 0 spiro atoms. The second-order valence-electron chi connectivity index (χ2n) is 6.20. The first-order valence-corrected chi connectivity index (χ1v) is 8.31. The second kappa shape index (κ2) is 6.61. The summed E-state index contributed by atoms with van der Waals surface area (Å²) in [5, 5.41) is 0. The van der Waals surface area contributed by atoms with Crippen molar-refractivity contribution in [3.63, 3.8) is 0 Å². The Kier molecular flexibility index (Phi) is 4.59. The van der Waals surface area contributed by atoms with Gasteiger partial charge in [0.1, 0.15) is 5.75 Å². The highest BCUT2D eigenvalue weighted by atomic mass is 16.5. The summed E-state index contributed by atoms with van der Waals surface area (Å²) in [6.45, 7) is 4.43. The van der Waals surface area contributed by atoms with Crippen molar-refractivity contribution in [2.45, 2.75) is 51.5 Å². The van der Waals surface area contributed by atoms with Crippen molar-refractivity contribution in [1.29, 1.82) is 0 Å². The number of Topliss-reactive ketones (excluding diaryl/α,β-unsaturated/α-hetero) is 1. The smallest absolute Gasteiger partial charge is 0.176 e. The number of fused-ring (bicyclic) bond motifs is 1. The molecule has 0 atom stereocenters. The van der Waals surface area contributed by atoms with Crippen molar-refractivity contribution in [2.24, 2.45) is 0 Å². The van der Waals surface area contributed by atoms with E-state index in [0.29, 0.717) is 12.6 Å². The molecule has 2 aliphatic rings. The molecule has 21 heavy (non-hydrogen) atoms. The zero-order valence-corrected chi connectivity index (χ0v) is 12.9. The summed E-state index contributed by atoms with van der Waals surface area (Å²) in [6.07, 6.45) is 7.40. The largest absolute Gasteiger partial charge is 0.493 e. The maximum Gasteiger partial charge on any atom is 0.176 e. The van der Waals surface area contributed by atoms with E-state index in [1.54, 1.807) is 0 Å². The van der Waals surface area contributed by atoms with E-state index in [9.17, 15) is 4.79 Å². The van der Waals surface area contributed by atoms with Gasteiger partial charge in [-0.25, -0.2) is 0 Å². The first-order chi connectivity index (χ1) is 10.3. The molecule has 3 nitrogen and oxygen atoms in total. The van der Waals surface area contributed by atoms with E-state index >= 15 is 0 Å². The monoisotopic (exact) mass is 287 g/mol. The summed E-state index contributed by atoms with van der Waals surface area (Å²) < 4.78 is 5.51. The van der Waals surface area contributed by atoms with Crippen molar-refractivity contribution < 1.29 is 9.53 Å². The van der Waals surface area contributed by atoms with Crippen LogP contribution >= 0.6 is 0 Å². The molecule has 1 aromatic carbocycles. The molecule has 1 aromatic rings. The topological polar surface area (TPSA) is 29.5 Å². The van der Waals surface area contributed by atoms with Crippen LogP contribution in [0.15, 0.2) is 18.2 Å². The van der Waals surface area contributed by atoms with E-state index < -0.39 is 0 Å². The Bertz CT molecular complexity index is 506. The van der Waals surface area contributed by atoms with Crippen molar-refractivity contribution in [3.8, 4) is 5.75 Å². The van der Waals surface area contributed by atoms with Gasteiger partial charge in [0.05, 0.1) is 13.2 Å². The lowest BCUT2D eigenvalue weighted by atomic mass is 9.93. The fraction of sp³-hybridized carbons (Fsp3) is 0.611. The van der Waals surface area contributed by atoms with Gasteiger partial charge in [0.2, 0.25) is 0 Å². The summed E-state index contributed by atoms with van der Waals surface area (Å²) in [5.74, 6) is 1.20. The Morgan fingerprint density at radius 2 is 2.10 bits per heavy atom. The van der Waals surface area contributed by atoms with Gasteiger partial charge in [-0.3, -0.25) is 9.69 Å². The number of nitrogens with zero attached hydrogens (tertiary/aromatic N) is 1. The zero-order valence-electron chi connectivity index (χ0n) is 12.9. The van der Waals surface area contributed by atoms with Crippen LogP contribution in [0.25, 0.3) is 0 Å². The van der Waals surface area contributed by atoms with E-state index in [4.69, 9.17) is 4.74 Å². The van der Waals surface area contributed by atoms with E-state index in [1.165, 1.54) is 37.7 Å². The number of ether oxygens (including phenoxy) is 1. The Hall–Kier alpha value is -1.35. The molecule has 0 unspecified atom stereocenters. The SMILES string of the molecule is CCN(CC(=O)c1ccc2c(c1)CCO2)C1CCCCC1. The molecule has 1 heterocycles. The zero-order chi connectivity index (χ0) is 14.7. The van der Waals surface area contributed by atoms with E-state index in [0.717, 1.165) is 30.9 Å². The highest BCUT2D eigenvalue weighted by Gasteiger charge is 2.23. The Labute approximate surface area is 127 Å². The molecule has 3 rings (SSSR count). The normalized spacial score (nSPS) is 18.6. The van der Waals surface area contributed by atoms with Gasteiger partial charge in [-0.15, -0.1) is 0 Å². The second-order valence-corrected chi connectivity index (χ2v) is 6.20. The summed E-state index contributed by atoms with van der Waals surface area (Å²) >= 11 is 0. The van der Waals surface area contributed by atoms with Gasteiger partial charge in [-0.05, 0) is 43.1 Å². The molecule has 1 aliphatic heterocycles. The number of hydrogen-bond acceptors (Lipinski definition) is 3. The average molecular weight is 287 g/mol. The van der Waals surface area contributed by atoms with Crippen LogP contribution in [0.4, 0.5) is 0 Å². The van der Waals surface area contributed by atoms with E-state index in [-0.39, 0.29) is 5.78 Å². The minimum Gasteiger partial charge on any atom is -0.493 e. The van der Waals surface area contributed by atoms with Crippen molar-refractivity contribution >= 4 is 5.78 Å². The van der Waals surface area contributed by atoms with Crippen molar-refractivity contribution in [1.82, 2.24) is 4.90 Å². The Morgan fingerprint density at radius 3 is 2.86 bits per heavy atom. The minimum atomic E-state index is 0.247. The third-order valence-electron chi connectivity index (χ3n) is 4.86. The number of hydrogen-bond donors (Lipinski definition) is 0. The third-order valence-corrected chi connectivity index (χ3v) is 4.86. The van der Waals surface area contributed by atoms with Gasteiger partial charge in [-0.2, -0.15) is 0 Å². The number of ketones is 1. The van der Waals surface area contributed by atoms with Crippen LogP contribution in [-0.4, -0.2) is 36.4 Å². The first-order valence-electron chi connectivity index (χ1n) is 8.31. The summed E-state index contributed by atoms with van der Waals surface area (Å²) in [4.78, 5) is 14.9. The lowest BCUT2D eigenvalue weighted by Gasteiger charge is -2.33. The first kappa shape index (κ1) is 14.6. The van der Waals surface area contributed by atoms with Gasteiger partial charge in [0, 0.05) is 18.0 Å². The van der Waals surface area contributed by atoms with Crippen molar-refractivity contribution in [3.05, 3.63) is 29.3 Å². The third kappa shape index (κ3) is 3.29. The summed E-state index contributed by atoms with van der Waals surface area (Å²) in [6, 6.07) is 6.50. The van der Waals surface area contributed by atoms with Crippen LogP contribution in [0, 0.1) is 0 Å². The van der Waals surface area contributed by atoms with Gasteiger partial charge in [-0.1, -0.05) is 26.2 Å². The molecule has 0 amide bonds. The quantitative estimate of drug-likeness (QED) is 0.777. The molecule has 114 valence electrons. The lowest BCUT2D eigenvalue weighted by molar-refractivity contribution is 0.0868. The predicted molar refractivity (Wildman–Crippen MR) is 84.1 cm³/mol. The summed E-state index contributed by atoms with van der Waals surface area (Å²) in [7, 11) is 0. The molecular formula is C18H25NO2. The van der Waals surface area contributed by atoms with Crippen LogP contribution in [0.2, 0.25) is 0 Å². The number of carbonyl (C=O) groups is 1. The van der Waals surface area contributed by atoms with Crippen LogP contribution in [0.3, 0.4) is 0 Å².